The van der Waals surface area contributed by atoms with Gasteiger partial charge in [-0.25, -0.2) is 0 Å². The van der Waals surface area contributed by atoms with Gasteiger partial charge in [-0.2, -0.15) is 0 Å². The van der Waals surface area contributed by atoms with Crippen LogP contribution in [0.5, 0.6) is 0 Å². The van der Waals surface area contributed by atoms with Gasteiger partial charge >= 0.3 is 0 Å². The van der Waals surface area contributed by atoms with Crippen molar-refractivity contribution in [1.29, 1.82) is 0 Å². The molecule has 2 atom stereocenters. The maximum Gasteiger partial charge on any atom is 0.0907 e. The maximum atomic E-state index is 5.30. The van der Waals surface area contributed by atoms with Gasteiger partial charge in [0, 0.05) is 18.9 Å². The van der Waals surface area contributed by atoms with Crippen molar-refractivity contribution in [3.63, 3.8) is 0 Å². The fourth-order valence-corrected chi connectivity index (χ4v) is 3.30. The molecule has 2 unspecified atom stereocenters. The third kappa shape index (κ3) is 2.39. The molecule has 0 saturated carbocycles. The van der Waals surface area contributed by atoms with Crippen LogP contribution in [0.1, 0.15) is 27.2 Å². The fraction of sp³-hybridized carbons (Fsp3) is 1.00. The highest BCUT2D eigenvalue weighted by Gasteiger charge is 2.41. The van der Waals surface area contributed by atoms with Gasteiger partial charge in [0.25, 0.3) is 0 Å². The molecule has 1 fully saturated rings. The number of thioether (sulfide) groups is 1. The predicted molar refractivity (Wildman–Crippen MR) is 59.1 cm³/mol. The van der Waals surface area contributed by atoms with Crippen molar-refractivity contribution >= 4 is 11.8 Å². The minimum absolute atomic E-state index is 0.162. The van der Waals surface area contributed by atoms with Crippen LogP contribution >= 0.6 is 11.8 Å². The molecule has 2 nitrogen and oxygen atoms in total. The van der Waals surface area contributed by atoms with E-state index in [1.807, 2.05) is 11.8 Å². The zero-order chi connectivity index (χ0) is 9.90. The van der Waals surface area contributed by atoms with Gasteiger partial charge in [-0.15, -0.1) is 11.8 Å². The summed E-state index contributed by atoms with van der Waals surface area (Å²) in [6, 6.07) is 0.669. The van der Waals surface area contributed by atoms with Gasteiger partial charge in [0.1, 0.15) is 0 Å². The van der Waals surface area contributed by atoms with E-state index >= 15 is 0 Å². The highest BCUT2D eigenvalue weighted by atomic mass is 32.2. The van der Waals surface area contributed by atoms with Gasteiger partial charge in [0.2, 0.25) is 0 Å². The molecule has 0 aromatic rings. The second kappa shape index (κ2) is 4.67. The van der Waals surface area contributed by atoms with E-state index < -0.39 is 0 Å². The molecule has 0 radical (unpaired) electrons. The zero-order valence-electron chi connectivity index (χ0n) is 9.09. The van der Waals surface area contributed by atoms with E-state index in [1.54, 1.807) is 7.11 Å². The van der Waals surface area contributed by atoms with Gasteiger partial charge in [0.15, 0.2) is 0 Å². The highest BCUT2D eigenvalue weighted by molar-refractivity contribution is 8.01. The lowest BCUT2D eigenvalue weighted by Crippen LogP contribution is -2.49. The van der Waals surface area contributed by atoms with Crippen molar-refractivity contribution in [2.24, 2.45) is 5.92 Å². The average Bonchev–Trinajstić information content (AvgIpc) is 2.50. The first-order chi connectivity index (χ1) is 6.14. The van der Waals surface area contributed by atoms with Gasteiger partial charge in [-0.3, -0.25) is 5.32 Å². The second-order valence-electron chi connectivity index (χ2n) is 4.04. The van der Waals surface area contributed by atoms with Gasteiger partial charge in [0.05, 0.1) is 11.5 Å². The third-order valence-corrected chi connectivity index (χ3v) is 4.57. The van der Waals surface area contributed by atoms with Crippen molar-refractivity contribution in [2.45, 2.75) is 38.1 Å². The van der Waals surface area contributed by atoms with Crippen LogP contribution < -0.4 is 5.32 Å². The van der Waals surface area contributed by atoms with Crippen LogP contribution in [0.3, 0.4) is 0 Å². The van der Waals surface area contributed by atoms with Crippen LogP contribution in [0.15, 0.2) is 0 Å². The average molecular weight is 203 g/mol. The molecule has 78 valence electrons. The Morgan fingerprint density at radius 2 is 2.31 bits per heavy atom. The predicted octanol–water partition coefficient (Wildman–Crippen LogP) is 2.10. The van der Waals surface area contributed by atoms with Gasteiger partial charge < -0.3 is 4.74 Å². The lowest BCUT2D eigenvalue weighted by molar-refractivity contribution is 0.130. The highest BCUT2D eigenvalue weighted by Crippen LogP contribution is 2.37. The first-order valence-electron chi connectivity index (χ1n) is 5.05. The van der Waals surface area contributed by atoms with E-state index in [2.05, 4.69) is 26.1 Å². The molecule has 1 rings (SSSR count). The second-order valence-corrected chi connectivity index (χ2v) is 5.39. The number of nitrogens with one attached hydrogen (secondary N) is 1. The number of hydrogen-bond donors (Lipinski definition) is 1. The van der Waals surface area contributed by atoms with E-state index in [1.165, 1.54) is 12.2 Å². The Bertz CT molecular complexity index is 163. The first kappa shape index (κ1) is 11.3. The molecule has 0 amide bonds. The van der Waals surface area contributed by atoms with Crippen molar-refractivity contribution < 1.29 is 4.74 Å². The Hall–Kier alpha value is 0.270. The molecule has 0 bridgehead atoms. The largest absolute Gasteiger partial charge is 0.382 e. The molecule has 0 aromatic heterocycles. The maximum absolute atomic E-state index is 5.30. The van der Waals surface area contributed by atoms with Gasteiger partial charge in [-0.05, 0) is 12.3 Å². The molecule has 0 aliphatic carbocycles. The van der Waals surface area contributed by atoms with E-state index in [9.17, 15) is 0 Å². The van der Waals surface area contributed by atoms with Crippen molar-refractivity contribution in [2.75, 3.05) is 19.5 Å². The molecule has 0 aromatic carbocycles. The summed E-state index contributed by atoms with van der Waals surface area (Å²) in [5, 5.41) is 3.69. The monoisotopic (exact) mass is 203 g/mol. The molecular weight excluding hydrogens is 182 g/mol. The zero-order valence-corrected chi connectivity index (χ0v) is 9.91. The Morgan fingerprint density at radius 3 is 2.69 bits per heavy atom. The summed E-state index contributed by atoms with van der Waals surface area (Å²) in [5.41, 5.74) is 0. The summed E-state index contributed by atoms with van der Waals surface area (Å²) in [6.45, 7) is 7.57. The summed E-state index contributed by atoms with van der Waals surface area (Å²) >= 11 is 2.02. The minimum atomic E-state index is 0.162. The van der Waals surface area contributed by atoms with Crippen LogP contribution in [0.25, 0.3) is 0 Å². The van der Waals surface area contributed by atoms with Crippen LogP contribution in [-0.4, -0.2) is 30.4 Å². The van der Waals surface area contributed by atoms with Crippen LogP contribution in [0.2, 0.25) is 0 Å². The molecule has 13 heavy (non-hydrogen) atoms. The number of methoxy groups -OCH3 is 1. The Labute approximate surface area is 85.8 Å². The van der Waals surface area contributed by atoms with E-state index in [0.717, 1.165) is 6.61 Å². The smallest absolute Gasteiger partial charge is 0.0907 e. The summed E-state index contributed by atoms with van der Waals surface area (Å²) in [4.78, 5) is 0.162. The number of ether oxygens (including phenoxy) is 1. The van der Waals surface area contributed by atoms with E-state index in [4.69, 9.17) is 4.74 Å². The van der Waals surface area contributed by atoms with Crippen molar-refractivity contribution in [1.82, 2.24) is 5.32 Å². The molecule has 0 spiro atoms. The van der Waals surface area contributed by atoms with Crippen molar-refractivity contribution in [3.8, 4) is 0 Å². The van der Waals surface area contributed by atoms with Crippen molar-refractivity contribution in [3.05, 3.63) is 0 Å². The summed E-state index contributed by atoms with van der Waals surface area (Å²) in [5.74, 6) is 1.84. The standard InChI is InChI=1S/C10H21NOS/c1-5-9-6-13-10(11-9,7-12-4)8(2)3/h8-9,11H,5-7H2,1-4H3. The molecule has 3 heteroatoms. The van der Waals surface area contributed by atoms with E-state index in [-0.39, 0.29) is 4.87 Å². The topological polar surface area (TPSA) is 21.3 Å². The quantitative estimate of drug-likeness (QED) is 0.756. The molecule has 1 heterocycles. The molecule has 1 saturated heterocycles. The van der Waals surface area contributed by atoms with Crippen LogP contribution in [0.4, 0.5) is 0 Å². The first-order valence-corrected chi connectivity index (χ1v) is 6.03. The lowest BCUT2D eigenvalue weighted by Gasteiger charge is -2.32. The molecule has 1 aliphatic heterocycles. The van der Waals surface area contributed by atoms with Crippen LogP contribution in [0, 0.1) is 5.92 Å². The number of hydrogen-bond acceptors (Lipinski definition) is 3. The van der Waals surface area contributed by atoms with Crippen LogP contribution in [-0.2, 0) is 4.74 Å². The Kier molecular flexibility index (Phi) is 4.07. The minimum Gasteiger partial charge on any atom is -0.382 e. The SMILES string of the molecule is CCC1CSC(COC)(C(C)C)N1. The van der Waals surface area contributed by atoms with E-state index in [0.29, 0.717) is 12.0 Å². The summed E-state index contributed by atoms with van der Waals surface area (Å²) in [7, 11) is 1.78. The Morgan fingerprint density at radius 1 is 1.62 bits per heavy atom. The lowest BCUT2D eigenvalue weighted by atomic mass is 10.0. The van der Waals surface area contributed by atoms with Gasteiger partial charge in [-0.1, -0.05) is 20.8 Å². The normalized spacial score (nSPS) is 34.4. The Balaban J connectivity index is 2.60. The summed E-state index contributed by atoms with van der Waals surface area (Å²) < 4.78 is 5.30. The molecular formula is C10H21NOS. The molecule has 1 N–H and O–H groups in total. The third-order valence-electron chi connectivity index (χ3n) is 2.77. The number of rotatable bonds is 4. The fourth-order valence-electron chi connectivity index (χ4n) is 1.70. The summed E-state index contributed by atoms with van der Waals surface area (Å²) in [6.07, 6.45) is 1.21. The molecule has 1 aliphatic rings.